The Balaban J connectivity index is 1.46. The second-order valence-corrected chi connectivity index (χ2v) is 8.98. The molecule has 174 valence electrons. The van der Waals surface area contributed by atoms with Gasteiger partial charge in [0, 0.05) is 29.8 Å². The lowest BCUT2D eigenvalue weighted by Gasteiger charge is -2.18. The van der Waals surface area contributed by atoms with Crippen LogP contribution in [0.5, 0.6) is 5.75 Å². The van der Waals surface area contributed by atoms with E-state index in [-0.39, 0.29) is 5.91 Å². The second kappa shape index (κ2) is 8.16. The van der Waals surface area contributed by atoms with Gasteiger partial charge in [0.2, 0.25) is 0 Å². The van der Waals surface area contributed by atoms with Crippen molar-refractivity contribution in [1.82, 2.24) is 19.7 Å². The van der Waals surface area contributed by atoms with E-state index in [1.54, 1.807) is 23.4 Å². The summed E-state index contributed by atoms with van der Waals surface area (Å²) in [6, 6.07) is 15.5. The number of nitrogens with zero attached hydrogens (tertiary/aromatic N) is 5. The van der Waals surface area contributed by atoms with Crippen LogP contribution in [0.4, 0.5) is 5.82 Å². The Morgan fingerprint density at radius 2 is 1.86 bits per heavy atom. The first-order valence-electron chi connectivity index (χ1n) is 11.5. The predicted molar refractivity (Wildman–Crippen MR) is 131 cm³/mol. The molecule has 2 aromatic heterocycles. The summed E-state index contributed by atoms with van der Waals surface area (Å²) in [5, 5.41) is 8.35. The number of aryl methyl sites for hydroxylation is 1. The maximum absolute atomic E-state index is 13.4. The SMILES string of the molecule is COc1cc2c(cc1C=O)C(=O)N(c1cc(-c3ccccc3-c3nncn3C)cc(C3CC3)n1)C2. The molecule has 3 heterocycles. The third-order valence-electron chi connectivity index (χ3n) is 6.68. The lowest BCUT2D eigenvalue weighted by Crippen LogP contribution is -2.24. The van der Waals surface area contributed by atoms with Crippen molar-refractivity contribution in [2.24, 2.45) is 7.05 Å². The molecule has 0 bridgehead atoms. The topological polar surface area (TPSA) is 90.2 Å². The van der Waals surface area contributed by atoms with Crippen molar-refractivity contribution in [3.63, 3.8) is 0 Å². The highest BCUT2D eigenvalue weighted by molar-refractivity contribution is 6.10. The first-order chi connectivity index (χ1) is 17.1. The number of methoxy groups -OCH3 is 1. The molecule has 0 spiro atoms. The summed E-state index contributed by atoms with van der Waals surface area (Å²) in [5.41, 5.74) is 5.61. The van der Waals surface area contributed by atoms with Crippen molar-refractivity contribution in [2.75, 3.05) is 12.0 Å². The number of aromatic nitrogens is 4. The zero-order valence-electron chi connectivity index (χ0n) is 19.4. The minimum atomic E-state index is -0.168. The van der Waals surface area contributed by atoms with Gasteiger partial charge in [0.1, 0.15) is 17.9 Å². The van der Waals surface area contributed by atoms with Crippen LogP contribution in [0.1, 0.15) is 50.7 Å². The number of anilines is 1. The Labute approximate surface area is 202 Å². The zero-order valence-corrected chi connectivity index (χ0v) is 19.4. The number of hydrogen-bond acceptors (Lipinski definition) is 6. The summed E-state index contributed by atoms with van der Waals surface area (Å²) in [7, 11) is 3.44. The van der Waals surface area contributed by atoms with Crippen molar-refractivity contribution < 1.29 is 14.3 Å². The van der Waals surface area contributed by atoms with Gasteiger partial charge in [-0.15, -0.1) is 10.2 Å². The molecule has 8 heteroatoms. The zero-order chi connectivity index (χ0) is 24.1. The summed E-state index contributed by atoms with van der Waals surface area (Å²) in [6.45, 7) is 0.370. The van der Waals surface area contributed by atoms with Gasteiger partial charge in [0.15, 0.2) is 12.1 Å². The van der Waals surface area contributed by atoms with Crippen molar-refractivity contribution in [3.8, 4) is 28.3 Å². The van der Waals surface area contributed by atoms with Gasteiger partial charge in [0.05, 0.1) is 19.2 Å². The van der Waals surface area contributed by atoms with E-state index in [2.05, 4.69) is 22.3 Å². The van der Waals surface area contributed by atoms with Crippen LogP contribution in [0.25, 0.3) is 22.5 Å². The average molecular weight is 466 g/mol. The smallest absolute Gasteiger partial charge is 0.260 e. The Morgan fingerprint density at radius 3 is 2.54 bits per heavy atom. The fraction of sp³-hybridized carbons (Fsp3) is 0.222. The molecule has 1 saturated carbocycles. The van der Waals surface area contributed by atoms with Gasteiger partial charge < -0.3 is 9.30 Å². The van der Waals surface area contributed by atoms with E-state index >= 15 is 0 Å². The molecular formula is C27H23N5O3. The third-order valence-corrected chi connectivity index (χ3v) is 6.68. The monoisotopic (exact) mass is 465 g/mol. The van der Waals surface area contributed by atoms with E-state index in [0.717, 1.165) is 46.6 Å². The molecule has 1 fully saturated rings. The van der Waals surface area contributed by atoms with Crippen molar-refractivity contribution in [3.05, 3.63) is 77.2 Å². The van der Waals surface area contributed by atoms with Gasteiger partial charge in [-0.25, -0.2) is 4.98 Å². The van der Waals surface area contributed by atoms with Crippen LogP contribution in [0.3, 0.4) is 0 Å². The van der Waals surface area contributed by atoms with Crippen LogP contribution < -0.4 is 9.64 Å². The molecule has 2 aliphatic rings. The largest absolute Gasteiger partial charge is 0.496 e. The van der Waals surface area contributed by atoms with E-state index in [4.69, 9.17) is 9.72 Å². The van der Waals surface area contributed by atoms with Gasteiger partial charge in [-0.2, -0.15) is 0 Å². The lowest BCUT2D eigenvalue weighted by atomic mass is 9.98. The van der Waals surface area contributed by atoms with E-state index in [1.807, 2.05) is 35.9 Å². The number of rotatable bonds is 6. The quantitative estimate of drug-likeness (QED) is 0.392. The standard InChI is InChI=1S/C27H23N5O3/c1-31-15-28-30-26(31)21-6-4-3-5-20(21)17-10-23(16-7-8-16)29-25(12-17)32-13-18-11-24(35-2)19(14-33)9-22(18)27(32)34/h3-6,9-12,14-16H,7-8,13H2,1-2H3. The molecule has 35 heavy (non-hydrogen) atoms. The highest BCUT2D eigenvalue weighted by Gasteiger charge is 2.33. The Hall–Kier alpha value is -4.33. The number of ether oxygens (including phenoxy) is 1. The van der Waals surface area contributed by atoms with Gasteiger partial charge in [-0.1, -0.05) is 24.3 Å². The molecule has 0 radical (unpaired) electrons. The molecule has 0 unspecified atom stereocenters. The van der Waals surface area contributed by atoms with E-state index in [0.29, 0.717) is 41.4 Å². The Morgan fingerprint density at radius 1 is 1.06 bits per heavy atom. The van der Waals surface area contributed by atoms with E-state index in [9.17, 15) is 9.59 Å². The summed E-state index contributed by atoms with van der Waals surface area (Å²) in [5.74, 6) is 2.07. The summed E-state index contributed by atoms with van der Waals surface area (Å²) in [6.07, 6.45) is 4.58. The Bertz CT molecular complexity index is 1490. The number of aldehydes is 1. The normalized spacial score (nSPS) is 14.8. The summed E-state index contributed by atoms with van der Waals surface area (Å²) in [4.78, 5) is 31.5. The fourth-order valence-electron chi connectivity index (χ4n) is 4.69. The molecule has 1 amide bonds. The van der Waals surface area contributed by atoms with Gasteiger partial charge >= 0.3 is 0 Å². The Kier molecular flexibility index (Phi) is 4.95. The van der Waals surface area contributed by atoms with Gasteiger partial charge in [-0.3, -0.25) is 14.5 Å². The van der Waals surface area contributed by atoms with Crippen LogP contribution in [0.15, 0.2) is 54.9 Å². The first-order valence-corrected chi connectivity index (χ1v) is 11.5. The number of carbonyl (C=O) groups is 2. The van der Waals surface area contributed by atoms with Crippen LogP contribution in [0, 0.1) is 0 Å². The molecule has 0 atom stereocenters. The number of carbonyl (C=O) groups excluding carboxylic acids is 2. The average Bonchev–Trinajstić information content (AvgIpc) is 3.58. The number of amides is 1. The molecule has 1 aliphatic heterocycles. The van der Waals surface area contributed by atoms with Gasteiger partial charge in [-0.05, 0) is 53.8 Å². The van der Waals surface area contributed by atoms with Crippen LogP contribution in [-0.2, 0) is 13.6 Å². The third kappa shape index (κ3) is 3.58. The molecule has 8 nitrogen and oxygen atoms in total. The first kappa shape index (κ1) is 21.2. The number of fused-ring (bicyclic) bond motifs is 1. The molecule has 2 aromatic carbocycles. The minimum Gasteiger partial charge on any atom is -0.496 e. The molecule has 0 saturated heterocycles. The van der Waals surface area contributed by atoms with E-state index < -0.39 is 0 Å². The predicted octanol–water partition coefficient (Wildman–Crippen LogP) is 4.40. The van der Waals surface area contributed by atoms with Crippen LogP contribution in [-0.4, -0.2) is 39.1 Å². The number of hydrogen-bond donors (Lipinski definition) is 0. The van der Waals surface area contributed by atoms with Gasteiger partial charge in [0.25, 0.3) is 5.91 Å². The molecular weight excluding hydrogens is 442 g/mol. The summed E-state index contributed by atoms with van der Waals surface area (Å²) < 4.78 is 7.23. The number of pyridine rings is 1. The van der Waals surface area contributed by atoms with Crippen molar-refractivity contribution in [1.29, 1.82) is 0 Å². The molecule has 4 aromatic rings. The fourth-order valence-corrected chi connectivity index (χ4v) is 4.69. The van der Waals surface area contributed by atoms with Crippen molar-refractivity contribution in [2.45, 2.75) is 25.3 Å². The number of benzene rings is 2. The molecule has 6 rings (SSSR count). The van der Waals surface area contributed by atoms with E-state index in [1.165, 1.54) is 7.11 Å². The van der Waals surface area contributed by atoms with Crippen LogP contribution in [0.2, 0.25) is 0 Å². The lowest BCUT2D eigenvalue weighted by molar-refractivity contribution is 0.0996. The van der Waals surface area contributed by atoms with Crippen molar-refractivity contribution >= 4 is 18.0 Å². The maximum atomic E-state index is 13.4. The highest BCUT2D eigenvalue weighted by Crippen LogP contribution is 2.43. The molecule has 0 N–H and O–H groups in total. The molecule has 1 aliphatic carbocycles. The summed E-state index contributed by atoms with van der Waals surface area (Å²) >= 11 is 0. The highest BCUT2D eigenvalue weighted by atomic mass is 16.5. The maximum Gasteiger partial charge on any atom is 0.260 e. The second-order valence-electron chi connectivity index (χ2n) is 8.98. The van der Waals surface area contributed by atoms with Crippen LogP contribution >= 0.6 is 0 Å². The minimum absolute atomic E-state index is 0.168.